The van der Waals surface area contributed by atoms with E-state index >= 15 is 0 Å². The second-order valence-electron chi connectivity index (χ2n) is 5.59. The average Bonchev–Trinajstić information content (AvgIpc) is 2.84. The minimum atomic E-state index is -0.148. The summed E-state index contributed by atoms with van der Waals surface area (Å²) in [5.74, 6) is 0. The van der Waals surface area contributed by atoms with Crippen molar-refractivity contribution in [3.8, 4) is 0 Å². The van der Waals surface area contributed by atoms with Crippen LogP contribution in [0.3, 0.4) is 0 Å². The molecule has 0 aromatic heterocycles. The number of hydrogen-bond donors (Lipinski definition) is 0. The van der Waals surface area contributed by atoms with Crippen LogP contribution in [0.2, 0.25) is 0 Å². The third-order valence-corrected chi connectivity index (χ3v) is 4.15. The molecule has 0 aliphatic heterocycles. The van der Waals surface area contributed by atoms with Gasteiger partial charge < -0.3 is 0 Å². The van der Waals surface area contributed by atoms with Crippen LogP contribution in [-0.4, -0.2) is 0 Å². The molecule has 0 N–H and O–H groups in total. The Balaban J connectivity index is 0.000000882. The molecular formula is C20H17Cl2Ti-. The Bertz CT molecular complexity index is 891. The predicted molar refractivity (Wildman–Crippen MR) is 99.4 cm³/mol. The zero-order chi connectivity index (χ0) is 13.6. The van der Waals surface area contributed by atoms with E-state index in [1.54, 1.807) is 0 Å². The van der Waals surface area contributed by atoms with E-state index in [0.717, 1.165) is 0 Å². The summed E-state index contributed by atoms with van der Waals surface area (Å²) in [4.78, 5) is 0. The van der Waals surface area contributed by atoms with Crippen LogP contribution in [0.15, 0.2) is 66.7 Å². The van der Waals surface area contributed by atoms with E-state index in [1.165, 1.54) is 26.8 Å². The van der Waals surface area contributed by atoms with E-state index in [-0.39, 0.29) is 51.9 Å². The molecule has 1 aliphatic carbocycles. The second kappa shape index (κ2) is 7.68. The van der Waals surface area contributed by atoms with Gasteiger partial charge in [-0.3, -0.25) is 0 Å². The first kappa shape index (κ1) is 20.0. The Hall–Kier alpha value is -1.05. The Kier molecular flexibility index (Phi) is 6.68. The zero-order valence-corrected chi connectivity index (χ0v) is 15.9. The molecule has 0 amide bonds. The van der Waals surface area contributed by atoms with Crippen LogP contribution in [0.1, 0.15) is 12.5 Å². The smallest absolute Gasteiger partial charge is 0 e. The Labute approximate surface area is 164 Å². The largest absolute Gasteiger partial charge is 0.189 e. The van der Waals surface area contributed by atoms with Crippen LogP contribution in [0.5, 0.6) is 0 Å². The molecule has 0 nitrogen and oxygen atoms in total. The fourth-order valence-corrected chi connectivity index (χ4v) is 3.19. The van der Waals surface area contributed by atoms with Crippen LogP contribution >= 0.6 is 24.8 Å². The maximum Gasteiger partial charge on any atom is 0 e. The SMILES string of the molecule is CC1(c2cccc3ccccc23)[C-]=c2ccccc2=C1.Cl.Cl.[Ti]. The first-order valence-electron chi connectivity index (χ1n) is 6.98. The second-order valence-corrected chi connectivity index (χ2v) is 5.59. The van der Waals surface area contributed by atoms with Gasteiger partial charge in [0.05, 0.1) is 0 Å². The summed E-state index contributed by atoms with van der Waals surface area (Å²) in [7, 11) is 0. The first-order valence-corrected chi connectivity index (χ1v) is 6.98. The number of benzene rings is 3. The fourth-order valence-electron chi connectivity index (χ4n) is 3.19. The van der Waals surface area contributed by atoms with Crippen molar-refractivity contribution in [1.29, 1.82) is 0 Å². The maximum atomic E-state index is 3.66. The van der Waals surface area contributed by atoms with Crippen molar-refractivity contribution < 1.29 is 21.7 Å². The standard InChI is InChI=1S/C20H15.2ClH.Ti/c1-20(13-16-8-2-3-9-17(16)14-20)19-12-6-10-15-7-4-5-11-18(15)19;;;/h2-13H,1H3;2*1H;/q-1;;;. The Morgan fingerprint density at radius 2 is 1.43 bits per heavy atom. The van der Waals surface area contributed by atoms with E-state index in [2.05, 4.69) is 85.8 Å². The molecule has 3 heteroatoms. The number of halogens is 2. The number of hydrogen-bond acceptors (Lipinski definition) is 0. The molecule has 1 atom stereocenters. The molecule has 23 heavy (non-hydrogen) atoms. The predicted octanol–water partition coefficient (Wildman–Crippen LogP) is 4.09. The third-order valence-electron chi connectivity index (χ3n) is 4.15. The van der Waals surface area contributed by atoms with Gasteiger partial charge in [0.2, 0.25) is 0 Å². The molecule has 3 aromatic rings. The van der Waals surface area contributed by atoms with Gasteiger partial charge in [0.1, 0.15) is 0 Å². The summed E-state index contributed by atoms with van der Waals surface area (Å²) in [6.45, 7) is 2.24. The monoisotopic (exact) mass is 375 g/mol. The van der Waals surface area contributed by atoms with Gasteiger partial charge in [-0.05, 0) is 21.8 Å². The van der Waals surface area contributed by atoms with Gasteiger partial charge in [-0.1, -0.05) is 55.5 Å². The van der Waals surface area contributed by atoms with Crippen LogP contribution in [0.4, 0.5) is 0 Å². The van der Waals surface area contributed by atoms with Gasteiger partial charge >= 0.3 is 0 Å². The van der Waals surface area contributed by atoms with Crippen molar-refractivity contribution >= 4 is 47.7 Å². The molecule has 0 radical (unpaired) electrons. The Morgan fingerprint density at radius 3 is 2.22 bits per heavy atom. The van der Waals surface area contributed by atoms with E-state index < -0.39 is 0 Å². The topological polar surface area (TPSA) is 0 Å². The normalized spacial score (nSPS) is 17.6. The van der Waals surface area contributed by atoms with Crippen molar-refractivity contribution in [2.75, 3.05) is 0 Å². The zero-order valence-electron chi connectivity index (χ0n) is 12.7. The van der Waals surface area contributed by atoms with Gasteiger partial charge in [0.15, 0.2) is 0 Å². The minimum absolute atomic E-state index is 0. The molecule has 0 heterocycles. The number of rotatable bonds is 1. The molecule has 0 bridgehead atoms. The summed E-state index contributed by atoms with van der Waals surface area (Å²) < 4.78 is 0. The van der Waals surface area contributed by atoms with Crippen molar-refractivity contribution in [2.24, 2.45) is 0 Å². The summed E-state index contributed by atoms with van der Waals surface area (Å²) in [5, 5.41) is 5.09. The van der Waals surface area contributed by atoms with E-state index in [9.17, 15) is 0 Å². The van der Waals surface area contributed by atoms with Gasteiger partial charge in [-0.25, -0.2) is 0 Å². The average molecular weight is 376 g/mol. The molecular weight excluding hydrogens is 359 g/mol. The van der Waals surface area contributed by atoms with Crippen LogP contribution in [0.25, 0.3) is 22.9 Å². The van der Waals surface area contributed by atoms with Crippen LogP contribution in [0, 0.1) is 0 Å². The first-order chi connectivity index (χ1) is 9.76. The molecule has 3 aromatic carbocycles. The van der Waals surface area contributed by atoms with Crippen molar-refractivity contribution in [3.63, 3.8) is 0 Å². The third kappa shape index (κ3) is 3.41. The molecule has 0 saturated heterocycles. The van der Waals surface area contributed by atoms with Gasteiger partial charge in [-0.15, -0.1) is 48.2 Å². The molecule has 0 fully saturated rings. The van der Waals surface area contributed by atoms with Gasteiger partial charge in [0.25, 0.3) is 0 Å². The van der Waals surface area contributed by atoms with Crippen molar-refractivity contribution in [3.05, 3.63) is 82.7 Å². The van der Waals surface area contributed by atoms with E-state index in [0.29, 0.717) is 0 Å². The number of fused-ring (bicyclic) bond motifs is 2. The fraction of sp³-hybridized carbons (Fsp3) is 0.100. The van der Waals surface area contributed by atoms with Crippen LogP contribution < -0.4 is 10.4 Å². The van der Waals surface area contributed by atoms with Crippen molar-refractivity contribution in [1.82, 2.24) is 0 Å². The molecule has 1 aliphatic rings. The van der Waals surface area contributed by atoms with Crippen molar-refractivity contribution in [2.45, 2.75) is 12.3 Å². The summed E-state index contributed by atoms with van der Waals surface area (Å²) in [5.41, 5.74) is 1.18. The summed E-state index contributed by atoms with van der Waals surface area (Å²) >= 11 is 0. The molecule has 0 saturated carbocycles. The van der Waals surface area contributed by atoms with Crippen LogP contribution in [-0.2, 0) is 27.1 Å². The summed E-state index contributed by atoms with van der Waals surface area (Å²) in [6.07, 6.45) is 5.99. The summed E-state index contributed by atoms with van der Waals surface area (Å²) in [6, 6.07) is 23.6. The quantitative estimate of drug-likeness (QED) is 0.444. The van der Waals surface area contributed by atoms with E-state index in [1.807, 2.05) is 0 Å². The van der Waals surface area contributed by atoms with Gasteiger partial charge in [0, 0.05) is 21.7 Å². The van der Waals surface area contributed by atoms with Gasteiger partial charge in [-0.2, -0.15) is 17.4 Å². The minimum Gasteiger partial charge on any atom is -0.189 e. The molecule has 4 rings (SSSR count). The maximum absolute atomic E-state index is 3.66. The molecule has 0 spiro atoms. The molecule has 116 valence electrons. The molecule has 1 unspecified atom stereocenters. The Morgan fingerprint density at radius 1 is 0.783 bits per heavy atom. The van der Waals surface area contributed by atoms with E-state index in [4.69, 9.17) is 0 Å².